The number of nitrogens with one attached hydrogen (secondary N) is 1. The number of hydrogen-bond donors (Lipinski definition) is 2. The highest BCUT2D eigenvalue weighted by atomic mass is 16.4. The van der Waals surface area contributed by atoms with E-state index in [0.29, 0.717) is 18.0 Å². The summed E-state index contributed by atoms with van der Waals surface area (Å²) < 4.78 is 0. The second-order valence-corrected chi connectivity index (χ2v) is 4.93. The van der Waals surface area contributed by atoms with Gasteiger partial charge in [-0.2, -0.15) is 0 Å². The van der Waals surface area contributed by atoms with Crippen LogP contribution in [0.15, 0.2) is 36.5 Å². The number of rotatable bonds is 5. The summed E-state index contributed by atoms with van der Waals surface area (Å²) in [7, 11) is 0. The van der Waals surface area contributed by atoms with Crippen LogP contribution in [0.2, 0.25) is 0 Å². The summed E-state index contributed by atoms with van der Waals surface area (Å²) in [5.41, 5.74) is 1.31. The first kappa shape index (κ1) is 12.6. The fourth-order valence-electron chi connectivity index (χ4n) is 1.97. The predicted molar refractivity (Wildman–Crippen MR) is 74.7 cm³/mol. The van der Waals surface area contributed by atoms with Gasteiger partial charge in [0.1, 0.15) is 11.6 Å². The molecule has 1 heterocycles. The second kappa shape index (κ2) is 5.28. The Morgan fingerprint density at radius 2 is 2.00 bits per heavy atom. The quantitative estimate of drug-likeness (QED) is 0.872. The summed E-state index contributed by atoms with van der Waals surface area (Å²) in [6.07, 6.45) is 4.14. The lowest BCUT2D eigenvalue weighted by atomic mass is 10.1. The molecule has 2 aromatic rings. The minimum Gasteiger partial charge on any atom is -0.478 e. The molecule has 0 amide bonds. The molecule has 1 aliphatic rings. The van der Waals surface area contributed by atoms with Crippen molar-refractivity contribution < 1.29 is 9.90 Å². The summed E-state index contributed by atoms with van der Waals surface area (Å²) in [6, 6.07) is 8.67. The van der Waals surface area contributed by atoms with Crippen molar-refractivity contribution in [3.8, 4) is 0 Å². The molecule has 1 aromatic heterocycles. The molecule has 0 atom stereocenters. The van der Waals surface area contributed by atoms with E-state index >= 15 is 0 Å². The first-order valence-corrected chi connectivity index (χ1v) is 6.61. The molecule has 0 unspecified atom stereocenters. The third-order valence-electron chi connectivity index (χ3n) is 3.29. The van der Waals surface area contributed by atoms with Crippen LogP contribution < -0.4 is 5.32 Å². The SMILES string of the molecule is O=C(O)c1ccc(CNc2ccnc(C3CC3)n2)cc1. The number of benzene rings is 1. The van der Waals surface area contributed by atoms with Crippen molar-refractivity contribution in [1.82, 2.24) is 9.97 Å². The fourth-order valence-corrected chi connectivity index (χ4v) is 1.97. The van der Waals surface area contributed by atoms with Gasteiger partial charge in [-0.3, -0.25) is 0 Å². The van der Waals surface area contributed by atoms with Gasteiger partial charge < -0.3 is 10.4 Å². The van der Waals surface area contributed by atoms with Crippen LogP contribution in [-0.4, -0.2) is 21.0 Å². The molecule has 0 bridgehead atoms. The van der Waals surface area contributed by atoms with E-state index in [1.165, 1.54) is 12.8 Å². The van der Waals surface area contributed by atoms with E-state index in [1.807, 2.05) is 6.07 Å². The van der Waals surface area contributed by atoms with E-state index in [4.69, 9.17) is 5.11 Å². The summed E-state index contributed by atoms with van der Waals surface area (Å²) in [5.74, 6) is 1.35. The topological polar surface area (TPSA) is 75.1 Å². The van der Waals surface area contributed by atoms with E-state index in [1.54, 1.807) is 30.5 Å². The van der Waals surface area contributed by atoms with Gasteiger partial charge in [-0.1, -0.05) is 12.1 Å². The maximum absolute atomic E-state index is 10.8. The number of carboxylic acid groups (broad SMARTS) is 1. The summed E-state index contributed by atoms with van der Waals surface area (Å²) in [4.78, 5) is 19.5. The number of anilines is 1. The van der Waals surface area contributed by atoms with Gasteiger partial charge >= 0.3 is 5.97 Å². The molecule has 3 rings (SSSR count). The Morgan fingerprint density at radius 3 is 2.65 bits per heavy atom. The molecule has 0 spiro atoms. The van der Waals surface area contributed by atoms with Crippen molar-refractivity contribution in [3.05, 3.63) is 53.5 Å². The van der Waals surface area contributed by atoms with Gasteiger partial charge in [0.2, 0.25) is 0 Å². The third-order valence-corrected chi connectivity index (χ3v) is 3.29. The zero-order valence-corrected chi connectivity index (χ0v) is 10.9. The highest BCUT2D eigenvalue weighted by molar-refractivity contribution is 5.87. The van der Waals surface area contributed by atoms with Gasteiger partial charge in [0, 0.05) is 18.7 Å². The van der Waals surface area contributed by atoms with Crippen LogP contribution in [0.5, 0.6) is 0 Å². The molecule has 1 fully saturated rings. The zero-order chi connectivity index (χ0) is 13.9. The molecular formula is C15H15N3O2. The van der Waals surface area contributed by atoms with E-state index in [-0.39, 0.29) is 0 Å². The lowest BCUT2D eigenvalue weighted by Gasteiger charge is -2.07. The smallest absolute Gasteiger partial charge is 0.335 e. The number of hydrogen-bond acceptors (Lipinski definition) is 4. The van der Waals surface area contributed by atoms with Crippen molar-refractivity contribution in [3.63, 3.8) is 0 Å². The first-order valence-electron chi connectivity index (χ1n) is 6.61. The average Bonchev–Trinajstić information content (AvgIpc) is 3.30. The molecule has 1 aromatic carbocycles. The molecular weight excluding hydrogens is 254 g/mol. The van der Waals surface area contributed by atoms with Crippen LogP contribution in [0.3, 0.4) is 0 Å². The lowest BCUT2D eigenvalue weighted by Crippen LogP contribution is -2.04. The van der Waals surface area contributed by atoms with Crippen molar-refractivity contribution in [2.24, 2.45) is 0 Å². The molecule has 20 heavy (non-hydrogen) atoms. The Morgan fingerprint density at radius 1 is 1.25 bits per heavy atom. The Balaban J connectivity index is 1.63. The Hall–Kier alpha value is -2.43. The molecule has 102 valence electrons. The molecule has 0 radical (unpaired) electrons. The van der Waals surface area contributed by atoms with Gasteiger partial charge in [0.15, 0.2) is 0 Å². The zero-order valence-electron chi connectivity index (χ0n) is 10.9. The number of carbonyl (C=O) groups is 1. The van der Waals surface area contributed by atoms with Crippen LogP contribution in [0.25, 0.3) is 0 Å². The van der Waals surface area contributed by atoms with Crippen molar-refractivity contribution in [2.45, 2.75) is 25.3 Å². The number of aromatic carboxylic acids is 1. The minimum absolute atomic E-state index is 0.298. The van der Waals surface area contributed by atoms with Crippen molar-refractivity contribution in [1.29, 1.82) is 0 Å². The van der Waals surface area contributed by atoms with Crippen LogP contribution in [-0.2, 0) is 6.54 Å². The van der Waals surface area contributed by atoms with Crippen LogP contribution in [0.1, 0.15) is 40.5 Å². The maximum atomic E-state index is 10.8. The molecule has 5 heteroatoms. The van der Waals surface area contributed by atoms with E-state index in [9.17, 15) is 4.79 Å². The highest BCUT2D eigenvalue weighted by Crippen LogP contribution is 2.38. The van der Waals surface area contributed by atoms with Gasteiger partial charge in [-0.05, 0) is 36.6 Å². The van der Waals surface area contributed by atoms with Crippen molar-refractivity contribution >= 4 is 11.8 Å². The molecule has 1 aliphatic carbocycles. The van der Waals surface area contributed by atoms with E-state index < -0.39 is 5.97 Å². The molecule has 2 N–H and O–H groups in total. The number of carboxylic acids is 1. The number of aromatic nitrogens is 2. The Bertz CT molecular complexity index is 621. The Kier molecular flexibility index (Phi) is 3.33. The largest absolute Gasteiger partial charge is 0.478 e. The molecule has 0 saturated heterocycles. The summed E-state index contributed by atoms with van der Waals surface area (Å²) >= 11 is 0. The standard InChI is InChI=1S/C15H15N3O2/c19-15(20)12-3-1-10(2-4-12)9-17-13-7-8-16-14(18-13)11-5-6-11/h1-4,7-8,11H,5-6,9H2,(H,19,20)(H,16,17,18). The van der Waals surface area contributed by atoms with Gasteiger partial charge in [0.25, 0.3) is 0 Å². The predicted octanol–water partition coefficient (Wildman–Crippen LogP) is 2.66. The van der Waals surface area contributed by atoms with Crippen LogP contribution >= 0.6 is 0 Å². The minimum atomic E-state index is -0.908. The Labute approximate surface area is 116 Å². The third kappa shape index (κ3) is 2.93. The van der Waals surface area contributed by atoms with E-state index in [2.05, 4.69) is 15.3 Å². The van der Waals surface area contributed by atoms with E-state index in [0.717, 1.165) is 17.2 Å². The van der Waals surface area contributed by atoms with Crippen LogP contribution in [0.4, 0.5) is 5.82 Å². The first-order chi connectivity index (χ1) is 9.72. The lowest BCUT2D eigenvalue weighted by molar-refractivity contribution is 0.0697. The summed E-state index contributed by atoms with van der Waals surface area (Å²) in [6.45, 7) is 0.612. The maximum Gasteiger partial charge on any atom is 0.335 e. The normalized spacial score (nSPS) is 14.0. The van der Waals surface area contributed by atoms with Gasteiger partial charge in [-0.25, -0.2) is 14.8 Å². The summed E-state index contributed by atoms with van der Waals surface area (Å²) in [5, 5.41) is 12.1. The van der Waals surface area contributed by atoms with Gasteiger partial charge in [0.05, 0.1) is 5.56 Å². The van der Waals surface area contributed by atoms with Gasteiger partial charge in [-0.15, -0.1) is 0 Å². The van der Waals surface area contributed by atoms with Crippen LogP contribution in [0, 0.1) is 0 Å². The highest BCUT2D eigenvalue weighted by Gasteiger charge is 2.26. The molecule has 5 nitrogen and oxygen atoms in total. The average molecular weight is 269 g/mol. The fraction of sp³-hybridized carbons (Fsp3) is 0.267. The molecule has 1 saturated carbocycles. The monoisotopic (exact) mass is 269 g/mol. The number of nitrogens with zero attached hydrogens (tertiary/aromatic N) is 2. The van der Waals surface area contributed by atoms with Crippen molar-refractivity contribution in [2.75, 3.05) is 5.32 Å². The molecule has 0 aliphatic heterocycles. The second-order valence-electron chi connectivity index (χ2n) is 4.93.